The fourth-order valence-corrected chi connectivity index (χ4v) is 3.87. The number of hydrogen-bond acceptors (Lipinski definition) is 1. The van der Waals surface area contributed by atoms with E-state index in [-0.39, 0.29) is 5.91 Å². The molecule has 104 valence electrons. The standard InChI is InChI=1S/C17H18BrNO/c1-19(11-12-8-16(18)9-12)17(20)15-7-6-13-4-2-3-5-14(13)10-15/h2-7,10,12,16H,8-9,11H2,1H3. The Morgan fingerprint density at radius 3 is 2.60 bits per heavy atom. The Labute approximate surface area is 127 Å². The van der Waals surface area contributed by atoms with Crippen LogP contribution in [0.2, 0.25) is 0 Å². The number of halogens is 1. The number of alkyl halides is 1. The van der Waals surface area contributed by atoms with Crippen molar-refractivity contribution < 1.29 is 4.79 Å². The number of amides is 1. The number of rotatable bonds is 3. The van der Waals surface area contributed by atoms with Gasteiger partial charge in [-0.3, -0.25) is 4.79 Å². The van der Waals surface area contributed by atoms with Crippen molar-refractivity contribution in [2.24, 2.45) is 5.92 Å². The molecule has 0 radical (unpaired) electrons. The quantitative estimate of drug-likeness (QED) is 0.776. The number of nitrogens with zero attached hydrogens (tertiary/aromatic N) is 1. The maximum Gasteiger partial charge on any atom is 0.253 e. The molecular formula is C17H18BrNO. The van der Waals surface area contributed by atoms with Crippen LogP contribution in [0.3, 0.4) is 0 Å². The van der Waals surface area contributed by atoms with Crippen molar-refractivity contribution >= 4 is 32.6 Å². The van der Waals surface area contributed by atoms with E-state index in [2.05, 4.69) is 22.0 Å². The van der Waals surface area contributed by atoms with Gasteiger partial charge in [0, 0.05) is 24.0 Å². The summed E-state index contributed by atoms with van der Waals surface area (Å²) in [6.45, 7) is 0.855. The summed E-state index contributed by atoms with van der Waals surface area (Å²) in [5.74, 6) is 0.766. The summed E-state index contributed by atoms with van der Waals surface area (Å²) < 4.78 is 0. The van der Waals surface area contributed by atoms with Crippen LogP contribution in [0.5, 0.6) is 0 Å². The summed E-state index contributed by atoms with van der Waals surface area (Å²) in [7, 11) is 1.90. The first kappa shape index (κ1) is 13.6. The highest BCUT2D eigenvalue weighted by molar-refractivity contribution is 9.09. The molecule has 20 heavy (non-hydrogen) atoms. The average molecular weight is 332 g/mol. The fourth-order valence-electron chi connectivity index (χ4n) is 2.82. The molecule has 0 aromatic heterocycles. The summed E-state index contributed by atoms with van der Waals surface area (Å²) in [6, 6.07) is 14.1. The Morgan fingerprint density at radius 2 is 1.90 bits per heavy atom. The molecule has 1 fully saturated rings. The van der Waals surface area contributed by atoms with Gasteiger partial charge in [-0.15, -0.1) is 0 Å². The van der Waals surface area contributed by atoms with E-state index < -0.39 is 0 Å². The van der Waals surface area contributed by atoms with Gasteiger partial charge in [0.1, 0.15) is 0 Å². The molecule has 2 aromatic carbocycles. The predicted octanol–water partition coefficient (Wildman–Crippen LogP) is 4.09. The number of carbonyl (C=O) groups excluding carboxylic acids is 1. The third kappa shape index (κ3) is 2.73. The van der Waals surface area contributed by atoms with Crippen molar-refractivity contribution in [2.45, 2.75) is 17.7 Å². The molecule has 3 rings (SSSR count). The second kappa shape index (κ2) is 5.57. The summed E-state index contributed by atoms with van der Waals surface area (Å²) in [4.78, 5) is 15.0. The third-order valence-electron chi connectivity index (χ3n) is 4.05. The molecule has 0 spiro atoms. The molecule has 0 saturated heterocycles. The second-order valence-electron chi connectivity index (χ2n) is 5.68. The van der Waals surface area contributed by atoms with Crippen molar-refractivity contribution in [3.05, 3.63) is 48.0 Å². The van der Waals surface area contributed by atoms with Gasteiger partial charge < -0.3 is 4.90 Å². The lowest BCUT2D eigenvalue weighted by atomic mass is 9.85. The maximum absolute atomic E-state index is 12.5. The Kier molecular flexibility index (Phi) is 3.79. The number of hydrogen-bond donors (Lipinski definition) is 0. The smallest absolute Gasteiger partial charge is 0.253 e. The molecule has 2 nitrogen and oxygen atoms in total. The molecule has 0 aliphatic heterocycles. The molecule has 1 aliphatic rings. The van der Waals surface area contributed by atoms with Crippen molar-refractivity contribution in [1.82, 2.24) is 4.90 Å². The first-order chi connectivity index (χ1) is 9.63. The molecular weight excluding hydrogens is 314 g/mol. The zero-order valence-corrected chi connectivity index (χ0v) is 13.1. The minimum absolute atomic E-state index is 0.119. The monoisotopic (exact) mass is 331 g/mol. The lowest BCUT2D eigenvalue weighted by molar-refractivity contribution is 0.0749. The zero-order chi connectivity index (χ0) is 14.1. The van der Waals surface area contributed by atoms with Crippen molar-refractivity contribution in [1.29, 1.82) is 0 Å². The van der Waals surface area contributed by atoms with E-state index in [4.69, 9.17) is 0 Å². The molecule has 0 heterocycles. The average Bonchev–Trinajstić information content (AvgIpc) is 2.44. The molecule has 0 N–H and O–H groups in total. The number of carbonyl (C=O) groups is 1. The molecule has 1 aliphatic carbocycles. The Balaban J connectivity index is 1.74. The highest BCUT2D eigenvalue weighted by Gasteiger charge is 2.28. The minimum atomic E-state index is 0.119. The lowest BCUT2D eigenvalue weighted by Crippen LogP contribution is -2.37. The summed E-state index contributed by atoms with van der Waals surface area (Å²) in [5, 5.41) is 2.30. The van der Waals surface area contributed by atoms with Gasteiger partial charge in [0.25, 0.3) is 5.91 Å². The van der Waals surface area contributed by atoms with E-state index >= 15 is 0 Å². The molecule has 1 amide bonds. The van der Waals surface area contributed by atoms with Crippen LogP contribution in [-0.2, 0) is 0 Å². The molecule has 0 atom stereocenters. The molecule has 0 unspecified atom stereocenters. The van der Waals surface area contributed by atoms with E-state index in [1.165, 1.54) is 18.2 Å². The number of benzene rings is 2. The van der Waals surface area contributed by atoms with Crippen molar-refractivity contribution in [3.8, 4) is 0 Å². The highest BCUT2D eigenvalue weighted by Crippen LogP contribution is 2.33. The summed E-state index contributed by atoms with van der Waals surface area (Å²) >= 11 is 3.60. The van der Waals surface area contributed by atoms with Gasteiger partial charge in [0.05, 0.1) is 0 Å². The van der Waals surface area contributed by atoms with Gasteiger partial charge in [0.2, 0.25) is 0 Å². The predicted molar refractivity (Wildman–Crippen MR) is 86.3 cm³/mol. The van der Waals surface area contributed by atoms with Gasteiger partial charge in [-0.2, -0.15) is 0 Å². The van der Waals surface area contributed by atoms with Crippen LogP contribution in [0.4, 0.5) is 0 Å². The first-order valence-corrected chi connectivity index (χ1v) is 7.93. The molecule has 1 saturated carbocycles. The van der Waals surface area contributed by atoms with Crippen LogP contribution in [0.25, 0.3) is 10.8 Å². The van der Waals surface area contributed by atoms with Gasteiger partial charge >= 0.3 is 0 Å². The molecule has 3 heteroatoms. The Hall–Kier alpha value is -1.35. The largest absolute Gasteiger partial charge is 0.341 e. The summed E-state index contributed by atoms with van der Waals surface area (Å²) in [5.41, 5.74) is 0.779. The van der Waals surface area contributed by atoms with Crippen LogP contribution < -0.4 is 0 Å². The summed E-state index contributed by atoms with van der Waals surface area (Å²) in [6.07, 6.45) is 2.35. The van der Waals surface area contributed by atoms with Crippen LogP contribution in [-0.4, -0.2) is 29.2 Å². The SMILES string of the molecule is CN(CC1CC(Br)C1)C(=O)c1ccc2ccccc2c1. The van der Waals surface area contributed by atoms with E-state index in [1.807, 2.05) is 48.3 Å². The highest BCUT2D eigenvalue weighted by atomic mass is 79.9. The van der Waals surface area contributed by atoms with Crippen LogP contribution >= 0.6 is 15.9 Å². The zero-order valence-electron chi connectivity index (χ0n) is 11.6. The van der Waals surface area contributed by atoms with Crippen LogP contribution in [0, 0.1) is 5.92 Å². The fraction of sp³-hybridized carbons (Fsp3) is 0.353. The van der Waals surface area contributed by atoms with Gasteiger partial charge in [-0.25, -0.2) is 0 Å². The normalized spacial score (nSPS) is 21.5. The van der Waals surface area contributed by atoms with Crippen LogP contribution in [0.1, 0.15) is 23.2 Å². The van der Waals surface area contributed by atoms with Crippen LogP contribution in [0.15, 0.2) is 42.5 Å². The molecule has 0 bridgehead atoms. The van der Waals surface area contributed by atoms with Gasteiger partial charge in [-0.1, -0.05) is 46.3 Å². The Morgan fingerprint density at radius 1 is 1.20 bits per heavy atom. The lowest BCUT2D eigenvalue weighted by Gasteiger charge is -2.34. The van der Waals surface area contributed by atoms with Gasteiger partial charge in [-0.05, 0) is 41.7 Å². The van der Waals surface area contributed by atoms with Crippen molar-refractivity contribution in [3.63, 3.8) is 0 Å². The van der Waals surface area contributed by atoms with E-state index in [0.29, 0.717) is 10.7 Å². The molecule has 2 aromatic rings. The minimum Gasteiger partial charge on any atom is -0.341 e. The topological polar surface area (TPSA) is 20.3 Å². The second-order valence-corrected chi connectivity index (χ2v) is 6.98. The van der Waals surface area contributed by atoms with Crippen molar-refractivity contribution in [2.75, 3.05) is 13.6 Å². The van der Waals surface area contributed by atoms with E-state index in [0.717, 1.165) is 17.5 Å². The van der Waals surface area contributed by atoms with E-state index in [9.17, 15) is 4.79 Å². The third-order valence-corrected chi connectivity index (χ3v) is 4.80. The van der Waals surface area contributed by atoms with E-state index in [1.54, 1.807) is 0 Å². The Bertz CT molecular complexity index is 634. The van der Waals surface area contributed by atoms with Gasteiger partial charge in [0.15, 0.2) is 0 Å². The maximum atomic E-state index is 12.5. The number of fused-ring (bicyclic) bond motifs is 1. The first-order valence-electron chi connectivity index (χ1n) is 7.02.